The van der Waals surface area contributed by atoms with Crippen LogP contribution in [0.2, 0.25) is 0 Å². The fourth-order valence-corrected chi connectivity index (χ4v) is 6.99. The van der Waals surface area contributed by atoms with Crippen molar-refractivity contribution in [1.29, 1.82) is 0 Å². The summed E-state index contributed by atoms with van der Waals surface area (Å²) >= 11 is 0. The van der Waals surface area contributed by atoms with Crippen molar-refractivity contribution >= 4 is 23.2 Å². The van der Waals surface area contributed by atoms with E-state index in [2.05, 4.69) is 135 Å². The third kappa shape index (κ3) is 4.14. The quantitative estimate of drug-likeness (QED) is 0.338. The number of hydrogen-bond acceptors (Lipinski definition) is 1. The Hall–Kier alpha value is -2.55. The Bertz CT molecular complexity index is 817. The first-order chi connectivity index (χ1) is 13.6. The average molecular weight is 386 g/mol. The van der Waals surface area contributed by atoms with Gasteiger partial charge in [-0.05, 0) is 64.1 Å². The second kappa shape index (κ2) is 9.09. The predicted molar refractivity (Wildman–Crippen MR) is 125 cm³/mol. The second-order valence-electron chi connectivity index (χ2n) is 7.50. The summed E-state index contributed by atoms with van der Waals surface area (Å²) in [6.45, 7) is 8.84. The summed E-state index contributed by atoms with van der Waals surface area (Å²) in [7, 11) is -2.09. The Labute approximate surface area is 170 Å². The van der Waals surface area contributed by atoms with Crippen LogP contribution in [0.15, 0.2) is 91.0 Å². The zero-order chi connectivity index (χ0) is 20.0. The van der Waals surface area contributed by atoms with E-state index in [1.807, 2.05) is 0 Å². The summed E-state index contributed by atoms with van der Waals surface area (Å²) in [5.41, 5.74) is 3.83. The largest absolute Gasteiger partial charge is 0.325 e. The van der Waals surface area contributed by atoms with Crippen molar-refractivity contribution in [3.63, 3.8) is 0 Å². The van der Waals surface area contributed by atoms with Crippen molar-refractivity contribution < 1.29 is 0 Å². The molecular weight excluding hydrogens is 357 g/mol. The van der Waals surface area contributed by atoms with Gasteiger partial charge >= 0.3 is 0 Å². The smallest absolute Gasteiger partial charge is 0.191 e. The van der Waals surface area contributed by atoms with Gasteiger partial charge in [0.15, 0.2) is 7.26 Å². The van der Waals surface area contributed by atoms with E-state index in [0.29, 0.717) is 12.1 Å². The van der Waals surface area contributed by atoms with Crippen molar-refractivity contribution in [2.45, 2.75) is 39.8 Å². The molecule has 0 saturated carbocycles. The van der Waals surface area contributed by atoms with Crippen LogP contribution in [-0.2, 0) is 0 Å². The van der Waals surface area contributed by atoms with Gasteiger partial charge in [-0.2, -0.15) is 0 Å². The molecule has 3 rings (SSSR count). The maximum absolute atomic E-state index is 3.83. The standard InChI is InChI=1S/C26H29NP/c1-22(2)27(23(3)4)20-21-28(24-14-8-5-9-15-24,25-16-10-6-11-17-25)26-18-12-7-13-19-26/h5-19,22-23H,1-4H3/q+1. The molecule has 0 aliphatic rings. The van der Waals surface area contributed by atoms with Gasteiger partial charge in [-0.3, -0.25) is 0 Å². The zero-order valence-corrected chi connectivity index (χ0v) is 18.1. The van der Waals surface area contributed by atoms with Crippen molar-refractivity contribution in [2.24, 2.45) is 0 Å². The predicted octanol–water partition coefficient (Wildman–Crippen LogP) is 5.02. The van der Waals surface area contributed by atoms with E-state index in [-0.39, 0.29) is 0 Å². The fourth-order valence-electron chi connectivity index (χ4n) is 3.58. The molecule has 3 aromatic carbocycles. The molecule has 0 heterocycles. The molecule has 3 aromatic rings. The summed E-state index contributed by atoms with van der Waals surface area (Å²) in [6.07, 6.45) is 0. The van der Waals surface area contributed by atoms with E-state index in [1.54, 1.807) is 0 Å². The number of benzene rings is 3. The van der Waals surface area contributed by atoms with Crippen LogP contribution in [0.3, 0.4) is 0 Å². The lowest BCUT2D eigenvalue weighted by atomic mass is 10.2. The van der Waals surface area contributed by atoms with Crippen molar-refractivity contribution in [3.8, 4) is 11.7 Å². The van der Waals surface area contributed by atoms with E-state index in [9.17, 15) is 0 Å². The molecule has 1 nitrogen and oxygen atoms in total. The van der Waals surface area contributed by atoms with E-state index >= 15 is 0 Å². The SMILES string of the molecule is CC(C)N(C#C[P+](c1ccccc1)(c1ccccc1)c1ccccc1)C(C)C. The molecule has 0 aromatic heterocycles. The Morgan fingerprint density at radius 2 is 0.893 bits per heavy atom. The van der Waals surface area contributed by atoms with Gasteiger partial charge in [0.05, 0.1) is 6.04 Å². The highest BCUT2D eigenvalue weighted by atomic mass is 31.2. The molecule has 0 bridgehead atoms. The fraction of sp³-hybridized carbons (Fsp3) is 0.231. The average Bonchev–Trinajstić information content (AvgIpc) is 2.73. The van der Waals surface area contributed by atoms with Gasteiger partial charge in [-0.15, -0.1) is 0 Å². The lowest BCUT2D eigenvalue weighted by Gasteiger charge is -2.27. The van der Waals surface area contributed by atoms with Gasteiger partial charge in [-0.25, -0.2) is 0 Å². The Balaban J connectivity index is 2.32. The minimum Gasteiger partial charge on any atom is -0.325 e. The van der Waals surface area contributed by atoms with Crippen molar-refractivity contribution in [3.05, 3.63) is 91.0 Å². The van der Waals surface area contributed by atoms with Gasteiger partial charge < -0.3 is 4.90 Å². The molecule has 0 aliphatic carbocycles. The van der Waals surface area contributed by atoms with Gasteiger partial charge in [0.1, 0.15) is 21.6 Å². The third-order valence-corrected chi connectivity index (χ3v) is 8.54. The first-order valence-electron chi connectivity index (χ1n) is 9.93. The monoisotopic (exact) mass is 386 g/mol. The maximum Gasteiger partial charge on any atom is 0.191 e. The van der Waals surface area contributed by atoms with Crippen molar-refractivity contribution in [1.82, 2.24) is 4.90 Å². The lowest BCUT2D eigenvalue weighted by Crippen LogP contribution is -2.34. The molecule has 0 fully saturated rings. The Morgan fingerprint density at radius 1 is 0.571 bits per heavy atom. The van der Waals surface area contributed by atoms with Crippen LogP contribution in [0.4, 0.5) is 0 Å². The molecule has 0 aliphatic heterocycles. The van der Waals surface area contributed by atoms with E-state index < -0.39 is 7.26 Å². The molecule has 0 N–H and O–H groups in total. The minimum atomic E-state index is -2.09. The van der Waals surface area contributed by atoms with Crippen LogP contribution >= 0.6 is 7.26 Å². The Kier molecular flexibility index (Phi) is 6.56. The van der Waals surface area contributed by atoms with Crippen LogP contribution in [-0.4, -0.2) is 17.0 Å². The van der Waals surface area contributed by atoms with Gasteiger partial charge in [0, 0.05) is 12.1 Å². The summed E-state index contributed by atoms with van der Waals surface area (Å²) in [5, 5.41) is 3.90. The molecule has 28 heavy (non-hydrogen) atoms. The topological polar surface area (TPSA) is 3.24 Å². The maximum atomic E-state index is 3.83. The normalized spacial score (nSPS) is 11.2. The minimum absolute atomic E-state index is 0.372. The third-order valence-electron chi connectivity index (χ3n) is 4.89. The van der Waals surface area contributed by atoms with Crippen molar-refractivity contribution in [2.75, 3.05) is 0 Å². The molecule has 0 amide bonds. The van der Waals surface area contributed by atoms with Crippen LogP contribution in [0.5, 0.6) is 0 Å². The van der Waals surface area contributed by atoms with Crippen LogP contribution in [0.1, 0.15) is 27.7 Å². The molecule has 142 valence electrons. The van der Waals surface area contributed by atoms with Gasteiger partial charge in [-0.1, -0.05) is 54.6 Å². The molecule has 0 unspecified atom stereocenters. The van der Waals surface area contributed by atoms with Crippen LogP contribution < -0.4 is 15.9 Å². The van der Waals surface area contributed by atoms with Gasteiger partial charge in [0.25, 0.3) is 0 Å². The molecular formula is C26H29NP+. The molecule has 0 radical (unpaired) electrons. The Morgan fingerprint density at radius 3 is 1.18 bits per heavy atom. The van der Waals surface area contributed by atoms with E-state index in [1.165, 1.54) is 15.9 Å². The highest BCUT2D eigenvalue weighted by molar-refractivity contribution is 7.99. The molecule has 0 spiro atoms. The first kappa shape index (κ1) is 20.2. The van der Waals surface area contributed by atoms with E-state index in [0.717, 1.165) is 0 Å². The first-order valence-corrected chi connectivity index (χ1v) is 11.7. The highest BCUT2D eigenvalue weighted by Crippen LogP contribution is 2.54. The summed E-state index contributed by atoms with van der Waals surface area (Å²) in [6, 6.07) is 36.7. The molecule has 0 saturated heterocycles. The highest BCUT2D eigenvalue weighted by Gasteiger charge is 2.45. The molecule has 0 atom stereocenters. The van der Waals surface area contributed by atoms with Crippen LogP contribution in [0.25, 0.3) is 0 Å². The van der Waals surface area contributed by atoms with E-state index in [4.69, 9.17) is 0 Å². The summed E-state index contributed by atoms with van der Waals surface area (Å²) in [4.78, 5) is 2.27. The second-order valence-corrected chi connectivity index (χ2v) is 10.6. The van der Waals surface area contributed by atoms with Gasteiger partial charge in [0.2, 0.25) is 0 Å². The number of hydrogen-bond donors (Lipinski definition) is 0. The summed E-state index contributed by atoms with van der Waals surface area (Å²) < 4.78 is 0. The van der Waals surface area contributed by atoms with Crippen LogP contribution in [0, 0.1) is 11.7 Å². The summed E-state index contributed by atoms with van der Waals surface area (Å²) in [5.74, 6) is 0. The number of rotatable bonds is 5. The lowest BCUT2D eigenvalue weighted by molar-refractivity contribution is 0.275. The number of nitrogens with zero attached hydrogens (tertiary/aromatic N) is 1. The zero-order valence-electron chi connectivity index (χ0n) is 17.2. The molecule has 2 heteroatoms.